The van der Waals surface area contributed by atoms with Crippen LogP contribution >= 0.6 is 0 Å². The Labute approximate surface area is 86.5 Å². The molecule has 80 valence electrons. The van der Waals surface area contributed by atoms with Crippen LogP contribution in [0.5, 0.6) is 0 Å². The van der Waals surface area contributed by atoms with E-state index >= 15 is 0 Å². The highest BCUT2D eigenvalue weighted by Gasteiger charge is 2.15. The lowest BCUT2D eigenvalue weighted by Crippen LogP contribution is -2.22. The van der Waals surface area contributed by atoms with Gasteiger partial charge in [-0.25, -0.2) is 0 Å². The third-order valence-electron chi connectivity index (χ3n) is 2.71. The fraction of sp³-hybridized carbons (Fsp3) is 0.727. The van der Waals surface area contributed by atoms with Crippen molar-refractivity contribution in [1.29, 1.82) is 0 Å². The van der Waals surface area contributed by atoms with Crippen molar-refractivity contribution in [2.45, 2.75) is 34.1 Å². The average Bonchev–Trinajstić information content (AvgIpc) is 2.42. The Bertz CT molecular complexity index is 299. The number of aryl methyl sites for hydroxylation is 2. The monoisotopic (exact) mass is 195 g/mol. The van der Waals surface area contributed by atoms with Gasteiger partial charge >= 0.3 is 0 Å². The Morgan fingerprint density at radius 2 is 2.14 bits per heavy atom. The molecule has 0 amide bonds. The minimum absolute atomic E-state index is 0.345. The largest absolute Gasteiger partial charge is 0.370 e. The number of anilines is 1. The second-order valence-corrected chi connectivity index (χ2v) is 4.67. The maximum atomic E-state index is 4.29. The Balaban J connectivity index is 2.58. The SMILES string of the molecule is CCC(C)(C)CNc1cc(C)nn1C. The second kappa shape index (κ2) is 4.03. The van der Waals surface area contributed by atoms with Crippen LogP contribution in [0.3, 0.4) is 0 Å². The Kier molecular flexibility index (Phi) is 3.19. The molecule has 1 aromatic heterocycles. The molecule has 0 aliphatic rings. The molecule has 0 spiro atoms. The van der Waals surface area contributed by atoms with Crippen LogP contribution in [0.2, 0.25) is 0 Å². The summed E-state index contributed by atoms with van der Waals surface area (Å²) in [7, 11) is 1.97. The van der Waals surface area contributed by atoms with Crippen LogP contribution in [0.4, 0.5) is 5.82 Å². The van der Waals surface area contributed by atoms with Crippen molar-refractivity contribution in [3.63, 3.8) is 0 Å². The van der Waals surface area contributed by atoms with Crippen molar-refractivity contribution in [1.82, 2.24) is 9.78 Å². The molecule has 14 heavy (non-hydrogen) atoms. The smallest absolute Gasteiger partial charge is 0.124 e. The summed E-state index contributed by atoms with van der Waals surface area (Å²) < 4.78 is 1.89. The lowest BCUT2D eigenvalue weighted by molar-refractivity contribution is 0.376. The van der Waals surface area contributed by atoms with Crippen molar-refractivity contribution >= 4 is 5.82 Å². The van der Waals surface area contributed by atoms with Gasteiger partial charge in [-0.1, -0.05) is 20.8 Å². The molecule has 3 nitrogen and oxygen atoms in total. The van der Waals surface area contributed by atoms with E-state index in [1.807, 2.05) is 18.7 Å². The minimum atomic E-state index is 0.345. The zero-order chi connectivity index (χ0) is 10.8. The third-order valence-corrected chi connectivity index (χ3v) is 2.71. The van der Waals surface area contributed by atoms with Gasteiger partial charge in [0.2, 0.25) is 0 Å². The number of nitrogens with one attached hydrogen (secondary N) is 1. The van der Waals surface area contributed by atoms with Crippen molar-refractivity contribution < 1.29 is 0 Å². The predicted molar refractivity (Wildman–Crippen MR) is 60.5 cm³/mol. The van der Waals surface area contributed by atoms with Crippen LogP contribution in [0, 0.1) is 12.3 Å². The quantitative estimate of drug-likeness (QED) is 0.800. The van der Waals surface area contributed by atoms with Gasteiger partial charge in [-0.3, -0.25) is 4.68 Å². The summed E-state index contributed by atoms with van der Waals surface area (Å²) in [5.41, 5.74) is 1.40. The van der Waals surface area contributed by atoms with E-state index in [1.165, 1.54) is 6.42 Å². The van der Waals surface area contributed by atoms with Gasteiger partial charge in [0.05, 0.1) is 5.69 Å². The summed E-state index contributed by atoms with van der Waals surface area (Å²) in [5, 5.41) is 7.72. The molecule has 1 aromatic rings. The number of rotatable bonds is 4. The third kappa shape index (κ3) is 2.76. The van der Waals surface area contributed by atoms with Crippen LogP contribution in [-0.2, 0) is 7.05 Å². The predicted octanol–water partition coefficient (Wildman–Crippen LogP) is 2.58. The molecule has 1 rings (SSSR count). The summed E-state index contributed by atoms with van der Waals surface area (Å²) in [6, 6.07) is 2.08. The van der Waals surface area contributed by atoms with E-state index < -0.39 is 0 Å². The number of hydrogen-bond donors (Lipinski definition) is 1. The van der Waals surface area contributed by atoms with E-state index in [-0.39, 0.29) is 0 Å². The Morgan fingerprint density at radius 3 is 2.57 bits per heavy atom. The lowest BCUT2D eigenvalue weighted by atomic mass is 9.90. The molecule has 0 aliphatic carbocycles. The number of nitrogens with zero attached hydrogens (tertiary/aromatic N) is 2. The molecule has 0 saturated heterocycles. The molecule has 0 saturated carbocycles. The molecular weight excluding hydrogens is 174 g/mol. The second-order valence-electron chi connectivity index (χ2n) is 4.67. The maximum absolute atomic E-state index is 4.29. The van der Waals surface area contributed by atoms with E-state index in [1.54, 1.807) is 0 Å². The summed E-state index contributed by atoms with van der Waals surface area (Å²) in [4.78, 5) is 0. The van der Waals surface area contributed by atoms with Gasteiger partial charge in [0.25, 0.3) is 0 Å². The minimum Gasteiger partial charge on any atom is -0.370 e. The highest BCUT2D eigenvalue weighted by atomic mass is 15.3. The number of aromatic nitrogens is 2. The highest BCUT2D eigenvalue weighted by Crippen LogP contribution is 2.20. The zero-order valence-electron chi connectivity index (χ0n) is 9.89. The highest BCUT2D eigenvalue weighted by molar-refractivity contribution is 5.36. The van der Waals surface area contributed by atoms with Gasteiger partial charge in [-0.05, 0) is 18.8 Å². The first-order valence-electron chi connectivity index (χ1n) is 5.19. The van der Waals surface area contributed by atoms with Crippen LogP contribution in [0.15, 0.2) is 6.07 Å². The van der Waals surface area contributed by atoms with E-state index in [0.717, 1.165) is 18.1 Å². The molecule has 3 heteroatoms. The van der Waals surface area contributed by atoms with Crippen LogP contribution in [0.25, 0.3) is 0 Å². The number of hydrogen-bond acceptors (Lipinski definition) is 2. The Hall–Kier alpha value is -0.990. The van der Waals surface area contributed by atoms with Crippen LogP contribution in [-0.4, -0.2) is 16.3 Å². The summed E-state index contributed by atoms with van der Waals surface area (Å²) >= 11 is 0. The van der Waals surface area contributed by atoms with Gasteiger partial charge in [0, 0.05) is 19.7 Å². The van der Waals surface area contributed by atoms with Crippen LogP contribution in [0.1, 0.15) is 32.9 Å². The molecule has 0 bridgehead atoms. The molecule has 0 aliphatic heterocycles. The molecule has 0 aromatic carbocycles. The molecule has 1 heterocycles. The van der Waals surface area contributed by atoms with Gasteiger partial charge in [-0.15, -0.1) is 0 Å². The molecule has 0 radical (unpaired) electrons. The molecule has 1 N–H and O–H groups in total. The summed E-state index contributed by atoms with van der Waals surface area (Å²) in [6.07, 6.45) is 1.18. The zero-order valence-corrected chi connectivity index (χ0v) is 9.89. The van der Waals surface area contributed by atoms with Crippen LogP contribution < -0.4 is 5.32 Å². The maximum Gasteiger partial charge on any atom is 0.124 e. The van der Waals surface area contributed by atoms with Crippen molar-refractivity contribution in [3.8, 4) is 0 Å². The van der Waals surface area contributed by atoms with E-state index in [9.17, 15) is 0 Å². The van der Waals surface area contributed by atoms with Gasteiger partial charge in [0.15, 0.2) is 0 Å². The average molecular weight is 195 g/mol. The first-order valence-corrected chi connectivity index (χ1v) is 5.19. The molecular formula is C11H21N3. The summed E-state index contributed by atoms with van der Waals surface area (Å²) in [6.45, 7) is 9.75. The van der Waals surface area contributed by atoms with Crippen molar-refractivity contribution in [3.05, 3.63) is 11.8 Å². The molecule has 0 unspecified atom stereocenters. The summed E-state index contributed by atoms with van der Waals surface area (Å²) in [5.74, 6) is 1.10. The molecule has 0 fully saturated rings. The first kappa shape index (κ1) is 11.1. The van der Waals surface area contributed by atoms with E-state index in [0.29, 0.717) is 5.41 Å². The van der Waals surface area contributed by atoms with E-state index in [2.05, 4.69) is 37.3 Å². The van der Waals surface area contributed by atoms with Gasteiger partial charge in [0.1, 0.15) is 5.82 Å². The first-order chi connectivity index (χ1) is 6.44. The standard InChI is InChI=1S/C11H21N3/c1-6-11(3,4)8-12-10-7-9(2)13-14(10)5/h7,12H,6,8H2,1-5H3. The topological polar surface area (TPSA) is 29.9 Å². The molecule has 0 atom stereocenters. The Morgan fingerprint density at radius 1 is 1.50 bits per heavy atom. The fourth-order valence-electron chi connectivity index (χ4n) is 1.23. The van der Waals surface area contributed by atoms with Gasteiger partial charge in [-0.2, -0.15) is 5.10 Å². The van der Waals surface area contributed by atoms with Gasteiger partial charge < -0.3 is 5.32 Å². The lowest BCUT2D eigenvalue weighted by Gasteiger charge is -2.23. The van der Waals surface area contributed by atoms with Crippen molar-refractivity contribution in [2.75, 3.05) is 11.9 Å². The fourth-order valence-corrected chi connectivity index (χ4v) is 1.23. The van der Waals surface area contributed by atoms with Crippen molar-refractivity contribution in [2.24, 2.45) is 12.5 Å². The van der Waals surface area contributed by atoms with E-state index in [4.69, 9.17) is 0 Å². The normalized spacial score (nSPS) is 11.8.